The normalized spacial score (nSPS) is 16.5. The molecule has 0 aromatic heterocycles. The number of hydrogen-bond acceptors (Lipinski definition) is 3. The van der Waals surface area contributed by atoms with Gasteiger partial charge in [-0.05, 0) is 37.1 Å². The summed E-state index contributed by atoms with van der Waals surface area (Å²) in [6.45, 7) is 0. The zero-order valence-corrected chi connectivity index (χ0v) is 12.3. The van der Waals surface area contributed by atoms with Gasteiger partial charge in [0.1, 0.15) is 0 Å². The molecule has 0 heterocycles. The summed E-state index contributed by atoms with van der Waals surface area (Å²) < 4.78 is 62.9. The van der Waals surface area contributed by atoms with Crippen LogP contribution in [0.3, 0.4) is 0 Å². The van der Waals surface area contributed by atoms with E-state index in [1.165, 1.54) is 24.3 Å². The molecule has 1 aromatic carbocycles. The van der Waals surface area contributed by atoms with Crippen LogP contribution in [-0.4, -0.2) is 25.8 Å². The van der Waals surface area contributed by atoms with Crippen LogP contribution in [0.5, 0.6) is 0 Å². The topological polar surface area (TPSA) is 75.3 Å². The van der Waals surface area contributed by atoms with E-state index in [0.29, 0.717) is 12.8 Å². The number of rotatable bonds is 4. The molecule has 1 fully saturated rings. The number of hydrogen-bond donors (Lipinski definition) is 2. The van der Waals surface area contributed by atoms with Crippen molar-refractivity contribution < 1.29 is 26.4 Å². The monoisotopic (exact) mass is 336 g/mol. The first-order valence-corrected chi connectivity index (χ1v) is 8.23. The number of amides is 1. The van der Waals surface area contributed by atoms with Crippen LogP contribution >= 0.6 is 0 Å². The van der Waals surface area contributed by atoms with Gasteiger partial charge in [0.25, 0.3) is 0 Å². The van der Waals surface area contributed by atoms with Crippen LogP contribution in [0.1, 0.15) is 25.7 Å². The molecule has 5 nitrogen and oxygen atoms in total. The average Bonchev–Trinajstić information content (AvgIpc) is 2.94. The van der Waals surface area contributed by atoms with Crippen LogP contribution in [0.4, 0.5) is 24.5 Å². The SMILES string of the molecule is O=C(Nc1ccc(NS(=O)(=O)C2CCCC2)cc1)C(F)(F)F. The van der Waals surface area contributed by atoms with E-state index in [1.54, 1.807) is 5.32 Å². The fraction of sp³-hybridized carbons (Fsp3) is 0.462. The molecule has 0 saturated heterocycles. The second-order valence-electron chi connectivity index (χ2n) is 5.08. The Bertz CT molecular complexity index is 635. The van der Waals surface area contributed by atoms with Crippen LogP contribution in [0.25, 0.3) is 0 Å². The van der Waals surface area contributed by atoms with Crippen LogP contribution in [0.15, 0.2) is 24.3 Å². The van der Waals surface area contributed by atoms with Gasteiger partial charge in [-0.15, -0.1) is 0 Å². The number of carbonyl (C=O) groups excluding carboxylic acids is 1. The smallest absolute Gasteiger partial charge is 0.318 e. The second kappa shape index (κ2) is 6.15. The standard InChI is InChI=1S/C13H15F3N2O3S/c14-13(15,16)12(19)17-9-5-7-10(8-6-9)18-22(20,21)11-3-1-2-4-11/h5-8,11,18H,1-4H2,(H,17,19). The molecular weight excluding hydrogens is 321 g/mol. The van der Waals surface area contributed by atoms with Gasteiger partial charge in [0.2, 0.25) is 10.0 Å². The Morgan fingerprint density at radius 3 is 2.05 bits per heavy atom. The highest BCUT2D eigenvalue weighted by atomic mass is 32.2. The van der Waals surface area contributed by atoms with Crippen molar-refractivity contribution in [3.8, 4) is 0 Å². The third-order valence-corrected chi connectivity index (χ3v) is 5.27. The van der Waals surface area contributed by atoms with Crippen molar-refractivity contribution in [2.45, 2.75) is 37.1 Å². The fourth-order valence-corrected chi connectivity index (χ4v) is 3.86. The summed E-state index contributed by atoms with van der Waals surface area (Å²) in [6.07, 6.45) is -2.02. The molecule has 22 heavy (non-hydrogen) atoms. The lowest BCUT2D eigenvalue weighted by molar-refractivity contribution is -0.167. The Hall–Kier alpha value is -1.77. The molecule has 1 aromatic rings. The van der Waals surface area contributed by atoms with Gasteiger partial charge in [-0.2, -0.15) is 13.2 Å². The lowest BCUT2D eigenvalue weighted by Gasteiger charge is -2.14. The molecule has 1 aliphatic rings. The molecule has 0 bridgehead atoms. The zero-order valence-electron chi connectivity index (χ0n) is 11.5. The molecule has 1 saturated carbocycles. The highest BCUT2D eigenvalue weighted by molar-refractivity contribution is 7.93. The van der Waals surface area contributed by atoms with Gasteiger partial charge < -0.3 is 5.32 Å². The number of anilines is 2. The first-order valence-electron chi connectivity index (χ1n) is 6.68. The molecule has 122 valence electrons. The predicted molar refractivity (Wildman–Crippen MR) is 75.9 cm³/mol. The number of sulfonamides is 1. The minimum Gasteiger partial charge on any atom is -0.318 e. The summed E-state index contributed by atoms with van der Waals surface area (Å²) in [7, 11) is -3.49. The van der Waals surface area contributed by atoms with Gasteiger partial charge in [0, 0.05) is 11.4 Å². The number of alkyl halides is 3. The van der Waals surface area contributed by atoms with E-state index >= 15 is 0 Å². The summed E-state index contributed by atoms with van der Waals surface area (Å²) in [5.74, 6) is -2.08. The van der Waals surface area contributed by atoms with Crippen molar-refractivity contribution in [1.29, 1.82) is 0 Å². The van der Waals surface area contributed by atoms with Crippen LogP contribution in [0.2, 0.25) is 0 Å². The Balaban J connectivity index is 2.01. The quantitative estimate of drug-likeness (QED) is 0.888. The molecule has 2 rings (SSSR count). The van der Waals surface area contributed by atoms with Gasteiger partial charge in [-0.25, -0.2) is 8.42 Å². The van der Waals surface area contributed by atoms with Gasteiger partial charge in [-0.3, -0.25) is 9.52 Å². The predicted octanol–water partition coefficient (Wildman–Crippen LogP) is 2.87. The van der Waals surface area contributed by atoms with E-state index in [9.17, 15) is 26.4 Å². The highest BCUT2D eigenvalue weighted by Gasteiger charge is 2.38. The third-order valence-electron chi connectivity index (χ3n) is 3.40. The Morgan fingerprint density at radius 2 is 1.55 bits per heavy atom. The summed E-state index contributed by atoms with van der Waals surface area (Å²) in [6, 6.07) is 5.02. The van der Waals surface area contributed by atoms with Gasteiger partial charge >= 0.3 is 12.1 Å². The van der Waals surface area contributed by atoms with Crippen molar-refractivity contribution in [2.24, 2.45) is 0 Å². The molecule has 0 radical (unpaired) electrons. The van der Waals surface area contributed by atoms with E-state index in [4.69, 9.17) is 0 Å². The van der Waals surface area contributed by atoms with Crippen LogP contribution in [0, 0.1) is 0 Å². The molecular formula is C13H15F3N2O3S. The second-order valence-corrected chi connectivity index (χ2v) is 7.04. The average molecular weight is 336 g/mol. The number of halogens is 3. The van der Waals surface area contributed by atoms with Gasteiger partial charge in [0.05, 0.1) is 5.25 Å². The first kappa shape index (κ1) is 16.6. The van der Waals surface area contributed by atoms with E-state index in [-0.39, 0.29) is 11.4 Å². The summed E-state index contributed by atoms with van der Waals surface area (Å²) in [5.41, 5.74) is 0.183. The zero-order chi connectivity index (χ0) is 16.4. The highest BCUT2D eigenvalue weighted by Crippen LogP contribution is 2.26. The van der Waals surface area contributed by atoms with Crippen molar-refractivity contribution in [3.63, 3.8) is 0 Å². The lowest BCUT2D eigenvalue weighted by Crippen LogP contribution is -2.29. The van der Waals surface area contributed by atoms with Crippen molar-refractivity contribution >= 4 is 27.3 Å². The number of carbonyl (C=O) groups is 1. The van der Waals surface area contributed by atoms with Gasteiger partial charge in [0.15, 0.2) is 0 Å². The van der Waals surface area contributed by atoms with E-state index < -0.39 is 27.4 Å². The summed E-state index contributed by atoms with van der Waals surface area (Å²) in [5, 5.41) is 1.25. The molecule has 1 amide bonds. The molecule has 2 N–H and O–H groups in total. The maximum atomic E-state index is 12.1. The minimum atomic E-state index is -4.97. The molecule has 0 atom stereocenters. The minimum absolute atomic E-state index is 0.0638. The fourth-order valence-electron chi connectivity index (χ4n) is 2.27. The maximum Gasteiger partial charge on any atom is 0.471 e. The largest absolute Gasteiger partial charge is 0.471 e. The van der Waals surface area contributed by atoms with Crippen molar-refractivity contribution in [3.05, 3.63) is 24.3 Å². The molecule has 0 aliphatic heterocycles. The summed E-state index contributed by atoms with van der Waals surface area (Å²) >= 11 is 0. The van der Waals surface area contributed by atoms with Crippen LogP contribution < -0.4 is 10.0 Å². The first-order chi connectivity index (χ1) is 10.2. The maximum absolute atomic E-state index is 12.1. The lowest BCUT2D eigenvalue weighted by atomic mass is 10.3. The molecule has 1 aliphatic carbocycles. The van der Waals surface area contributed by atoms with E-state index in [1.807, 2.05) is 0 Å². The number of benzene rings is 1. The van der Waals surface area contributed by atoms with Gasteiger partial charge in [-0.1, -0.05) is 12.8 Å². The molecule has 0 unspecified atom stereocenters. The van der Waals surface area contributed by atoms with Crippen LogP contribution in [-0.2, 0) is 14.8 Å². The Morgan fingerprint density at radius 1 is 1.05 bits per heavy atom. The Kier molecular flexibility index (Phi) is 4.64. The number of nitrogens with one attached hydrogen (secondary N) is 2. The van der Waals surface area contributed by atoms with Crippen molar-refractivity contribution in [2.75, 3.05) is 10.0 Å². The molecule has 0 spiro atoms. The Labute approximate surface area is 125 Å². The van der Waals surface area contributed by atoms with E-state index in [0.717, 1.165) is 12.8 Å². The van der Waals surface area contributed by atoms with Crippen molar-refractivity contribution in [1.82, 2.24) is 0 Å². The third kappa shape index (κ3) is 4.12. The van der Waals surface area contributed by atoms with E-state index in [2.05, 4.69) is 4.72 Å². The summed E-state index contributed by atoms with van der Waals surface area (Å²) in [4.78, 5) is 10.8. The molecule has 9 heteroatoms.